The van der Waals surface area contributed by atoms with Crippen LogP contribution in [0.4, 0.5) is 8.78 Å². The predicted octanol–water partition coefficient (Wildman–Crippen LogP) is 4.94. The van der Waals surface area contributed by atoms with Crippen LogP contribution in [-0.2, 0) is 30.7 Å². The van der Waals surface area contributed by atoms with Crippen LogP contribution in [0, 0.1) is 5.92 Å². The lowest BCUT2D eigenvalue weighted by atomic mass is 10.0. The third-order valence-corrected chi connectivity index (χ3v) is 9.60. The SMILES string of the molecule is O=C(O[C@@H](Cc1c(Cl)c[nH+]cc1Cl)c1ccc(OC(F)F)c(OCC2CC2)c1)C1CN(S(=O)(=O)c2ccccc2)CCO1.[OH-]. The average molecular weight is 676 g/mol. The van der Waals surface area contributed by atoms with E-state index in [1.54, 1.807) is 18.2 Å². The lowest BCUT2D eigenvalue weighted by Crippen LogP contribution is -2.49. The maximum absolute atomic E-state index is 13.5. The van der Waals surface area contributed by atoms with Gasteiger partial charge in [0.05, 0.1) is 24.7 Å². The summed E-state index contributed by atoms with van der Waals surface area (Å²) in [5.41, 5.74) is 0.858. The molecule has 10 nitrogen and oxygen atoms in total. The largest absolute Gasteiger partial charge is 0.870 e. The predicted molar refractivity (Wildman–Crippen MR) is 154 cm³/mol. The number of hydrogen-bond acceptors (Lipinski definition) is 8. The van der Waals surface area contributed by atoms with Gasteiger partial charge in [0.1, 0.15) is 16.1 Å². The fourth-order valence-corrected chi connectivity index (χ4v) is 6.53. The van der Waals surface area contributed by atoms with E-state index >= 15 is 0 Å². The number of carbonyl (C=O) groups excluding carboxylic acids is 1. The molecule has 1 aliphatic carbocycles. The molecule has 2 aliphatic rings. The van der Waals surface area contributed by atoms with Gasteiger partial charge in [0.15, 0.2) is 30.0 Å². The Morgan fingerprint density at radius 2 is 1.77 bits per heavy atom. The Hall–Kier alpha value is -3.07. The standard InChI is InChI=1S/C29H28Cl2F2N2O7S.H2O/c30-22-14-34-15-23(31)21(22)13-25(19-8-9-24(42-29(32)33)26(12-19)40-17-18-6-7-18)41-28(36)27-16-35(10-11-39-27)43(37,38)20-4-2-1-3-5-20;/h1-5,8-9,12,14-15,18,25,27,29H,6-7,10-11,13,16-17H2;1H2/t25-,27?;/m0./s1. The van der Waals surface area contributed by atoms with E-state index in [0.29, 0.717) is 23.7 Å². The lowest BCUT2D eigenvalue weighted by Gasteiger charge is -2.32. The van der Waals surface area contributed by atoms with E-state index in [4.69, 9.17) is 37.4 Å². The van der Waals surface area contributed by atoms with Crippen LogP contribution in [0.3, 0.4) is 0 Å². The molecule has 0 radical (unpaired) electrons. The first-order valence-corrected chi connectivity index (χ1v) is 15.7. The Balaban J connectivity index is 0.00000442. The number of nitrogens with zero attached hydrogens (tertiary/aromatic N) is 1. The van der Waals surface area contributed by atoms with Crippen molar-refractivity contribution in [2.45, 2.75) is 43.0 Å². The molecule has 1 saturated heterocycles. The number of esters is 1. The molecule has 0 spiro atoms. The third kappa shape index (κ3) is 8.34. The fourth-order valence-electron chi connectivity index (χ4n) is 4.55. The zero-order valence-corrected chi connectivity index (χ0v) is 25.5. The Labute approximate surface area is 263 Å². The number of benzene rings is 2. The quantitative estimate of drug-likeness (QED) is 0.247. The number of sulfonamides is 1. The van der Waals surface area contributed by atoms with Gasteiger partial charge >= 0.3 is 12.6 Å². The van der Waals surface area contributed by atoms with Gasteiger partial charge in [0, 0.05) is 18.5 Å². The van der Waals surface area contributed by atoms with Crippen LogP contribution in [0.1, 0.15) is 30.1 Å². The summed E-state index contributed by atoms with van der Waals surface area (Å²) in [6, 6.07) is 12.1. The van der Waals surface area contributed by atoms with Crippen molar-refractivity contribution in [3.8, 4) is 11.5 Å². The molecule has 44 heavy (non-hydrogen) atoms. The summed E-state index contributed by atoms with van der Waals surface area (Å²) < 4.78 is 75.8. The second-order valence-electron chi connectivity index (χ2n) is 10.1. The van der Waals surface area contributed by atoms with Crippen molar-refractivity contribution in [2.24, 2.45) is 5.92 Å². The van der Waals surface area contributed by atoms with E-state index in [1.165, 1.54) is 47.0 Å². The number of halogens is 4. The van der Waals surface area contributed by atoms with Gasteiger partial charge in [-0.25, -0.2) is 18.2 Å². The number of morpholine rings is 1. The second kappa shape index (κ2) is 14.8. The molecular weight excluding hydrogens is 645 g/mol. The number of alkyl halides is 2. The van der Waals surface area contributed by atoms with Crippen LogP contribution in [-0.4, -0.2) is 63.2 Å². The molecule has 2 heterocycles. The molecule has 0 amide bonds. The van der Waals surface area contributed by atoms with Crippen LogP contribution in [0.2, 0.25) is 10.0 Å². The van der Waals surface area contributed by atoms with Gasteiger partial charge in [-0.1, -0.05) is 47.5 Å². The Morgan fingerprint density at radius 1 is 1.07 bits per heavy atom. The zero-order valence-electron chi connectivity index (χ0n) is 23.2. The molecule has 1 saturated carbocycles. The van der Waals surface area contributed by atoms with E-state index in [9.17, 15) is 22.0 Å². The first kappa shape index (κ1) is 33.8. The molecular formula is C29H30Cl2F2N2O8S. The maximum atomic E-state index is 13.5. The molecule has 2 N–H and O–H groups in total. The Morgan fingerprint density at radius 3 is 2.43 bits per heavy atom. The summed E-state index contributed by atoms with van der Waals surface area (Å²) in [5, 5.41) is 0.566. The maximum Gasteiger partial charge on any atom is 0.387 e. The van der Waals surface area contributed by atoms with Gasteiger partial charge in [-0.15, -0.1) is 0 Å². The van der Waals surface area contributed by atoms with Crippen molar-refractivity contribution in [3.63, 3.8) is 0 Å². The van der Waals surface area contributed by atoms with E-state index < -0.39 is 34.8 Å². The van der Waals surface area contributed by atoms with Crippen LogP contribution in [0.25, 0.3) is 0 Å². The van der Waals surface area contributed by atoms with Crippen molar-refractivity contribution in [2.75, 3.05) is 26.3 Å². The number of aromatic amines is 1. The van der Waals surface area contributed by atoms with Gasteiger partial charge in [-0.3, -0.25) is 0 Å². The summed E-state index contributed by atoms with van der Waals surface area (Å²) in [4.78, 5) is 16.4. The van der Waals surface area contributed by atoms with E-state index in [2.05, 4.69) is 9.72 Å². The number of carbonyl (C=O) groups is 1. The van der Waals surface area contributed by atoms with Crippen LogP contribution >= 0.6 is 23.2 Å². The van der Waals surface area contributed by atoms with Crippen molar-refractivity contribution >= 4 is 39.2 Å². The molecule has 15 heteroatoms. The average Bonchev–Trinajstić information content (AvgIpc) is 3.83. The summed E-state index contributed by atoms with van der Waals surface area (Å²) in [6.45, 7) is -2.98. The van der Waals surface area contributed by atoms with E-state index in [0.717, 1.165) is 12.8 Å². The van der Waals surface area contributed by atoms with Crippen molar-refractivity contribution in [3.05, 3.63) is 82.1 Å². The topological polar surface area (TPSA) is 136 Å². The summed E-state index contributed by atoms with van der Waals surface area (Å²) in [5.74, 6) is -0.583. The van der Waals surface area contributed by atoms with Crippen LogP contribution < -0.4 is 14.5 Å². The van der Waals surface area contributed by atoms with Gasteiger partial charge in [-0.2, -0.15) is 13.1 Å². The fraction of sp³-hybridized carbons (Fsp3) is 0.379. The number of pyridine rings is 1. The molecule has 2 atom stereocenters. The molecule has 2 aromatic carbocycles. The van der Waals surface area contributed by atoms with Crippen LogP contribution in [0.15, 0.2) is 65.8 Å². The Kier molecular flexibility index (Phi) is 11.4. The smallest absolute Gasteiger partial charge is 0.387 e. The van der Waals surface area contributed by atoms with Gasteiger partial charge in [-0.05, 0) is 48.6 Å². The first-order valence-electron chi connectivity index (χ1n) is 13.5. The molecule has 238 valence electrons. The lowest BCUT2D eigenvalue weighted by molar-refractivity contribution is -0.377. The molecule has 3 aromatic rings. The van der Waals surface area contributed by atoms with Crippen molar-refractivity contribution < 1.29 is 51.4 Å². The number of hydrogen-bond donors (Lipinski definition) is 0. The van der Waals surface area contributed by atoms with E-state index in [-0.39, 0.29) is 58.0 Å². The highest BCUT2D eigenvalue weighted by Crippen LogP contribution is 2.38. The highest BCUT2D eigenvalue weighted by molar-refractivity contribution is 7.89. The number of H-pyrrole nitrogens is 1. The number of nitrogens with one attached hydrogen (secondary N) is 1. The van der Waals surface area contributed by atoms with Gasteiger partial charge in [0.25, 0.3) is 0 Å². The molecule has 1 aliphatic heterocycles. The monoisotopic (exact) mass is 674 g/mol. The minimum Gasteiger partial charge on any atom is -0.870 e. The van der Waals surface area contributed by atoms with Crippen molar-refractivity contribution in [1.29, 1.82) is 0 Å². The highest BCUT2D eigenvalue weighted by Gasteiger charge is 2.36. The molecule has 1 aromatic heterocycles. The molecule has 5 rings (SSSR count). The minimum atomic E-state index is -3.88. The normalized spacial score (nSPS) is 17.9. The molecule has 0 bridgehead atoms. The summed E-state index contributed by atoms with van der Waals surface area (Å²) in [7, 11) is -3.88. The summed E-state index contributed by atoms with van der Waals surface area (Å²) in [6.07, 6.45) is 2.74. The number of rotatable bonds is 12. The Bertz CT molecular complexity index is 1530. The van der Waals surface area contributed by atoms with E-state index in [1.807, 2.05) is 0 Å². The minimum absolute atomic E-state index is 0. The second-order valence-corrected chi connectivity index (χ2v) is 12.9. The van der Waals surface area contributed by atoms with Gasteiger partial charge in [0.2, 0.25) is 10.0 Å². The zero-order chi connectivity index (χ0) is 30.6. The first-order chi connectivity index (χ1) is 20.6. The third-order valence-electron chi connectivity index (χ3n) is 7.04. The summed E-state index contributed by atoms with van der Waals surface area (Å²) >= 11 is 12.8. The van der Waals surface area contributed by atoms with Gasteiger partial charge < -0.3 is 24.4 Å². The molecule has 2 fully saturated rings. The number of ether oxygens (including phenoxy) is 4. The van der Waals surface area contributed by atoms with Crippen LogP contribution in [0.5, 0.6) is 11.5 Å². The highest BCUT2D eigenvalue weighted by atomic mass is 35.5. The number of aromatic nitrogens is 1. The van der Waals surface area contributed by atoms with Crippen molar-refractivity contribution in [1.82, 2.24) is 4.31 Å². The molecule has 1 unspecified atom stereocenters.